The third-order valence-corrected chi connectivity index (χ3v) is 2.83. The van der Waals surface area contributed by atoms with Gasteiger partial charge in [0.2, 0.25) is 0 Å². The fraction of sp³-hybridized carbons (Fsp3) is 0.615. The summed E-state index contributed by atoms with van der Waals surface area (Å²) in [7, 11) is 0. The molecule has 0 aliphatic carbocycles. The van der Waals surface area contributed by atoms with Gasteiger partial charge < -0.3 is 5.32 Å². The molecule has 1 atom stereocenters. The zero-order chi connectivity index (χ0) is 11.5. The number of hydrogen-bond donors (Lipinski definition) is 1. The highest BCUT2D eigenvalue weighted by Gasteiger charge is 2.18. The molecule has 2 heteroatoms. The van der Waals surface area contributed by atoms with Crippen LogP contribution in [0.15, 0.2) is 18.2 Å². The van der Waals surface area contributed by atoms with Crippen molar-refractivity contribution in [2.75, 3.05) is 0 Å². The van der Waals surface area contributed by atoms with E-state index in [-0.39, 0.29) is 0 Å². The summed E-state index contributed by atoms with van der Waals surface area (Å²) < 4.78 is 0. The molecule has 0 saturated carbocycles. The highest BCUT2D eigenvalue weighted by Crippen LogP contribution is 2.18. The van der Waals surface area contributed by atoms with E-state index in [0.717, 1.165) is 17.9 Å². The summed E-state index contributed by atoms with van der Waals surface area (Å²) in [5, 5.41) is 3.50. The van der Waals surface area contributed by atoms with Crippen LogP contribution >= 0.6 is 0 Å². The Morgan fingerprint density at radius 1 is 1.33 bits per heavy atom. The van der Waals surface area contributed by atoms with E-state index >= 15 is 0 Å². The quantitative estimate of drug-likeness (QED) is 0.822. The van der Waals surface area contributed by atoms with Crippen molar-refractivity contribution in [2.45, 2.75) is 47.2 Å². The first-order chi connectivity index (χ1) is 6.89. The molecule has 2 nitrogen and oxygen atoms in total. The molecule has 1 N–H and O–H groups in total. The third kappa shape index (κ3) is 4.00. The van der Waals surface area contributed by atoms with Gasteiger partial charge in [0.05, 0.1) is 5.69 Å². The van der Waals surface area contributed by atoms with Crippen molar-refractivity contribution in [2.24, 2.45) is 5.41 Å². The summed E-state index contributed by atoms with van der Waals surface area (Å²) >= 11 is 0. The van der Waals surface area contributed by atoms with Gasteiger partial charge in [-0.05, 0) is 31.4 Å². The Balaban J connectivity index is 2.51. The predicted octanol–water partition coefficient (Wildman–Crippen LogP) is 2.91. The van der Waals surface area contributed by atoms with Gasteiger partial charge in [0.25, 0.3) is 0 Å². The molecule has 0 radical (unpaired) electrons. The summed E-state index contributed by atoms with van der Waals surface area (Å²) in [6.07, 6.45) is 0. The first kappa shape index (κ1) is 12.2. The molecule has 15 heavy (non-hydrogen) atoms. The van der Waals surface area contributed by atoms with Crippen LogP contribution in [-0.2, 0) is 6.54 Å². The molecule has 1 rings (SSSR count). The Labute approximate surface area is 93.1 Å². The van der Waals surface area contributed by atoms with E-state index in [0.29, 0.717) is 11.5 Å². The Kier molecular flexibility index (Phi) is 3.86. The molecule has 0 aromatic carbocycles. The monoisotopic (exact) mass is 206 g/mol. The largest absolute Gasteiger partial charge is 0.308 e. The van der Waals surface area contributed by atoms with Crippen LogP contribution in [0, 0.1) is 12.3 Å². The molecule has 0 amide bonds. The molecule has 0 aliphatic heterocycles. The first-order valence-corrected chi connectivity index (χ1v) is 5.55. The topological polar surface area (TPSA) is 24.9 Å². The van der Waals surface area contributed by atoms with E-state index < -0.39 is 0 Å². The SMILES string of the molecule is Cc1cccc(CNC(C)C(C)(C)C)n1. The molecule has 1 heterocycles. The molecule has 0 aliphatic rings. The van der Waals surface area contributed by atoms with Crippen LogP contribution in [0.4, 0.5) is 0 Å². The van der Waals surface area contributed by atoms with Crippen molar-refractivity contribution < 1.29 is 0 Å². The zero-order valence-electron chi connectivity index (χ0n) is 10.5. The second-order valence-corrected chi connectivity index (χ2v) is 5.24. The number of aryl methyl sites for hydroxylation is 1. The van der Waals surface area contributed by atoms with Crippen LogP contribution in [0.3, 0.4) is 0 Å². The highest BCUT2D eigenvalue weighted by atomic mass is 14.9. The van der Waals surface area contributed by atoms with Gasteiger partial charge in [-0.3, -0.25) is 4.98 Å². The van der Waals surface area contributed by atoms with Gasteiger partial charge in [-0.15, -0.1) is 0 Å². The third-order valence-electron chi connectivity index (χ3n) is 2.83. The minimum absolute atomic E-state index is 0.295. The number of aromatic nitrogens is 1. The summed E-state index contributed by atoms with van der Waals surface area (Å²) in [6, 6.07) is 6.63. The second kappa shape index (κ2) is 4.75. The normalized spacial score (nSPS) is 13.9. The second-order valence-electron chi connectivity index (χ2n) is 5.24. The highest BCUT2D eigenvalue weighted by molar-refractivity contribution is 5.09. The molecule has 0 saturated heterocycles. The number of nitrogens with zero attached hydrogens (tertiary/aromatic N) is 1. The van der Waals surface area contributed by atoms with Crippen molar-refractivity contribution in [1.82, 2.24) is 10.3 Å². The zero-order valence-corrected chi connectivity index (χ0v) is 10.5. The maximum Gasteiger partial charge on any atom is 0.0544 e. The molecular formula is C13H22N2. The van der Waals surface area contributed by atoms with Crippen molar-refractivity contribution in [3.05, 3.63) is 29.6 Å². The smallest absolute Gasteiger partial charge is 0.0544 e. The molecule has 0 bridgehead atoms. The number of nitrogens with one attached hydrogen (secondary N) is 1. The Morgan fingerprint density at radius 2 is 2.00 bits per heavy atom. The first-order valence-electron chi connectivity index (χ1n) is 5.55. The molecule has 0 spiro atoms. The van der Waals surface area contributed by atoms with Gasteiger partial charge >= 0.3 is 0 Å². The average Bonchev–Trinajstić information content (AvgIpc) is 2.12. The summed E-state index contributed by atoms with van der Waals surface area (Å²) in [5.74, 6) is 0. The van der Waals surface area contributed by atoms with E-state index in [1.165, 1.54) is 0 Å². The predicted molar refractivity (Wildman–Crippen MR) is 64.7 cm³/mol. The van der Waals surface area contributed by atoms with Crippen LogP contribution < -0.4 is 5.32 Å². The molecular weight excluding hydrogens is 184 g/mol. The maximum atomic E-state index is 4.46. The van der Waals surface area contributed by atoms with Gasteiger partial charge in [0.1, 0.15) is 0 Å². The number of hydrogen-bond acceptors (Lipinski definition) is 2. The van der Waals surface area contributed by atoms with Crippen LogP contribution in [0.5, 0.6) is 0 Å². The standard InChI is InChI=1S/C13H22N2/c1-10-7-6-8-12(15-10)9-14-11(2)13(3,4)5/h6-8,11,14H,9H2,1-5H3. The van der Waals surface area contributed by atoms with Crippen LogP contribution in [0.25, 0.3) is 0 Å². The van der Waals surface area contributed by atoms with Gasteiger partial charge in [-0.1, -0.05) is 26.8 Å². The van der Waals surface area contributed by atoms with Crippen LogP contribution in [0.1, 0.15) is 39.1 Å². The maximum absolute atomic E-state index is 4.46. The average molecular weight is 206 g/mol. The molecule has 84 valence electrons. The lowest BCUT2D eigenvalue weighted by molar-refractivity contribution is 0.284. The summed E-state index contributed by atoms with van der Waals surface area (Å²) in [5.41, 5.74) is 2.49. The molecule has 1 unspecified atom stereocenters. The minimum atomic E-state index is 0.295. The number of rotatable bonds is 3. The van der Waals surface area contributed by atoms with Crippen LogP contribution in [-0.4, -0.2) is 11.0 Å². The molecule has 0 fully saturated rings. The fourth-order valence-corrected chi connectivity index (χ4v) is 1.26. The lowest BCUT2D eigenvalue weighted by Crippen LogP contribution is -2.37. The fourth-order valence-electron chi connectivity index (χ4n) is 1.26. The molecule has 1 aromatic heterocycles. The summed E-state index contributed by atoms with van der Waals surface area (Å²) in [6.45, 7) is 11.8. The Hall–Kier alpha value is -0.890. The van der Waals surface area contributed by atoms with Gasteiger partial charge in [0.15, 0.2) is 0 Å². The molecule has 1 aromatic rings. The Bertz CT molecular complexity index is 313. The lowest BCUT2D eigenvalue weighted by Gasteiger charge is -2.28. The van der Waals surface area contributed by atoms with Crippen molar-refractivity contribution in [3.63, 3.8) is 0 Å². The van der Waals surface area contributed by atoms with E-state index in [1.54, 1.807) is 0 Å². The van der Waals surface area contributed by atoms with E-state index in [4.69, 9.17) is 0 Å². The van der Waals surface area contributed by atoms with Gasteiger partial charge in [-0.2, -0.15) is 0 Å². The van der Waals surface area contributed by atoms with Crippen molar-refractivity contribution >= 4 is 0 Å². The van der Waals surface area contributed by atoms with E-state index in [9.17, 15) is 0 Å². The number of pyridine rings is 1. The lowest BCUT2D eigenvalue weighted by atomic mass is 9.88. The van der Waals surface area contributed by atoms with Crippen LogP contribution in [0.2, 0.25) is 0 Å². The Morgan fingerprint density at radius 3 is 2.53 bits per heavy atom. The van der Waals surface area contributed by atoms with Gasteiger partial charge in [-0.25, -0.2) is 0 Å². The van der Waals surface area contributed by atoms with E-state index in [2.05, 4.69) is 50.1 Å². The van der Waals surface area contributed by atoms with Crippen molar-refractivity contribution in [1.29, 1.82) is 0 Å². The van der Waals surface area contributed by atoms with Crippen molar-refractivity contribution in [3.8, 4) is 0 Å². The van der Waals surface area contributed by atoms with E-state index in [1.807, 2.05) is 13.0 Å². The van der Waals surface area contributed by atoms with Gasteiger partial charge in [0, 0.05) is 18.3 Å². The minimum Gasteiger partial charge on any atom is -0.308 e. The summed E-state index contributed by atoms with van der Waals surface area (Å²) in [4.78, 5) is 4.46.